The Morgan fingerprint density at radius 2 is 2.09 bits per heavy atom. The van der Waals surface area contributed by atoms with E-state index in [0.29, 0.717) is 14.3 Å². The zero-order chi connectivity index (χ0) is 8.85. The first-order valence-corrected chi connectivity index (χ1v) is 5.31. The first kappa shape index (κ1) is 11.3. The van der Waals surface area contributed by atoms with Crippen molar-refractivity contribution in [3.05, 3.63) is 20.8 Å². The molecule has 4 heteroatoms. The fraction of sp³-hybridized carbons (Fsp3) is 0.143. The molecule has 0 unspecified atom stereocenters. The molecule has 0 aromatic carbocycles. The monoisotopic (exact) mass is 342 g/mol. The lowest BCUT2D eigenvalue weighted by molar-refractivity contribution is 0.430. The summed E-state index contributed by atoms with van der Waals surface area (Å²) in [6, 6.07) is 0. The molecule has 1 nitrogen and oxygen atoms in total. The number of halogens is 3. The van der Waals surface area contributed by atoms with Gasteiger partial charge < -0.3 is 5.11 Å². The maximum Gasteiger partial charge on any atom is 0.152 e. The number of hydrogen-bond acceptors (Lipinski definition) is 1. The van der Waals surface area contributed by atoms with Gasteiger partial charge in [-0.2, -0.15) is 0 Å². The maximum absolute atomic E-state index is 9.27. The normalized spacial score (nSPS) is 13.8. The summed E-state index contributed by atoms with van der Waals surface area (Å²) in [6.45, 7) is 0. The molecule has 0 fully saturated rings. The minimum atomic E-state index is 0.0342. The van der Waals surface area contributed by atoms with Crippen molar-refractivity contribution in [2.75, 3.05) is 5.33 Å². The number of hydrogen-bond donors (Lipinski definition) is 1. The number of aliphatic hydroxyl groups is 1. The van der Waals surface area contributed by atoms with Gasteiger partial charge in [0.05, 0.1) is 4.48 Å². The smallest absolute Gasteiger partial charge is 0.152 e. The lowest BCUT2D eigenvalue weighted by atomic mass is 10.4. The van der Waals surface area contributed by atoms with Gasteiger partial charge in [-0.3, -0.25) is 0 Å². The number of alkyl halides is 1. The van der Waals surface area contributed by atoms with Gasteiger partial charge in [-0.05, 0) is 31.9 Å². The van der Waals surface area contributed by atoms with Crippen molar-refractivity contribution in [3.8, 4) is 12.3 Å². The van der Waals surface area contributed by atoms with Crippen LogP contribution >= 0.6 is 47.8 Å². The molecule has 0 saturated carbocycles. The van der Waals surface area contributed by atoms with Crippen molar-refractivity contribution < 1.29 is 5.11 Å². The van der Waals surface area contributed by atoms with Crippen LogP contribution in [0.15, 0.2) is 20.8 Å². The average molecular weight is 345 g/mol. The first-order chi connectivity index (χ1) is 5.13. The molecular weight excluding hydrogens is 340 g/mol. The molecule has 0 aliphatic rings. The number of rotatable bonds is 2. The minimum Gasteiger partial charge on any atom is -0.505 e. The van der Waals surface area contributed by atoms with E-state index in [1.54, 1.807) is 6.08 Å². The van der Waals surface area contributed by atoms with Crippen molar-refractivity contribution in [2.45, 2.75) is 0 Å². The van der Waals surface area contributed by atoms with Crippen LogP contribution < -0.4 is 0 Å². The highest BCUT2D eigenvalue weighted by atomic mass is 79.9. The van der Waals surface area contributed by atoms with Gasteiger partial charge in [0.2, 0.25) is 0 Å². The Hall–Kier alpha value is 0.280. The summed E-state index contributed by atoms with van der Waals surface area (Å²) in [5.74, 6) is 2.30. The van der Waals surface area contributed by atoms with Crippen LogP contribution in [0.1, 0.15) is 0 Å². The zero-order valence-electron chi connectivity index (χ0n) is 5.44. The van der Waals surface area contributed by atoms with E-state index < -0.39 is 0 Å². The topological polar surface area (TPSA) is 20.2 Å². The van der Waals surface area contributed by atoms with Gasteiger partial charge in [-0.25, -0.2) is 0 Å². The summed E-state index contributed by atoms with van der Waals surface area (Å²) < 4.78 is 0.903. The molecule has 1 N–H and O–H groups in total. The molecule has 11 heavy (non-hydrogen) atoms. The van der Waals surface area contributed by atoms with Gasteiger partial charge in [0.15, 0.2) is 5.76 Å². The van der Waals surface area contributed by atoms with Crippen LogP contribution in [0.3, 0.4) is 0 Å². The lowest BCUT2D eigenvalue weighted by Crippen LogP contribution is -1.83. The predicted octanol–water partition coefficient (Wildman–Crippen LogP) is 3.46. The molecule has 0 saturated heterocycles. The highest BCUT2D eigenvalue weighted by Crippen LogP contribution is 2.21. The van der Waals surface area contributed by atoms with Crippen LogP contribution in [-0.4, -0.2) is 10.4 Å². The molecule has 0 spiro atoms. The van der Waals surface area contributed by atoms with Crippen molar-refractivity contribution in [1.29, 1.82) is 0 Å². The molecule has 0 aliphatic carbocycles. The Bertz CT molecular complexity index is 235. The zero-order valence-corrected chi connectivity index (χ0v) is 10.2. The molecule has 0 radical (unpaired) electrons. The summed E-state index contributed by atoms with van der Waals surface area (Å²) >= 11 is 9.34. The van der Waals surface area contributed by atoms with E-state index in [9.17, 15) is 5.11 Å². The molecule has 0 aliphatic heterocycles. The third-order valence-electron chi connectivity index (χ3n) is 0.817. The van der Waals surface area contributed by atoms with E-state index in [4.69, 9.17) is 6.42 Å². The molecule has 0 aromatic rings. The van der Waals surface area contributed by atoms with Crippen molar-refractivity contribution in [2.24, 2.45) is 0 Å². The Morgan fingerprint density at radius 1 is 1.55 bits per heavy atom. The lowest BCUT2D eigenvalue weighted by Gasteiger charge is -1.96. The van der Waals surface area contributed by atoms with Gasteiger partial charge in [0.25, 0.3) is 0 Å². The Kier molecular flexibility index (Phi) is 6.02. The number of allylic oxidation sites excluding steroid dienone is 3. The van der Waals surface area contributed by atoms with Crippen molar-refractivity contribution in [3.63, 3.8) is 0 Å². The molecule has 0 heterocycles. The van der Waals surface area contributed by atoms with Gasteiger partial charge in [-0.1, -0.05) is 27.9 Å². The summed E-state index contributed by atoms with van der Waals surface area (Å²) in [7, 11) is 0. The highest BCUT2D eigenvalue weighted by molar-refractivity contribution is 9.12. The largest absolute Gasteiger partial charge is 0.505 e. The van der Waals surface area contributed by atoms with Crippen LogP contribution in [-0.2, 0) is 0 Å². The van der Waals surface area contributed by atoms with Gasteiger partial charge >= 0.3 is 0 Å². The molecule has 0 aromatic heterocycles. The Morgan fingerprint density at radius 3 is 2.45 bits per heavy atom. The van der Waals surface area contributed by atoms with Crippen molar-refractivity contribution in [1.82, 2.24) is 0 Å². The average Bonchev–Trinajstić information content (AvgIpc) is 2.02. The second-order valence-electron chi connectivity index (χ2n) is 1.51. The van der Waals surface area contributed by atoms with E-state index in [1.807, 2.05) is 0 Å². The van der Waals surface area contributed by atoms with E-state index in [1.165, 1.54) is 0 Å². The molecular formula is C7H5Br3O. The third kappa shape index (κ3) is 4.00. The molecule has 0 rings (SSSR count). The number of terminal acetylenes is 1. The maximum atomic E-state index is 9.27. The summed E-state index contributed by atoms with van der Waals surface area (Å²) in [6.07, 6.45) is 6.78. The van der Waals surface area contributed by atoms with Gasteiger partial charge in [-0.15, -0.1) is 6.42 Å². The first-order valence-electron chi connectivity index (χ1n) is 2.60. The van der Waals surface area contributed by atoms with Crippen LogP contribution in [0.5, 0.6) is 0 Å². The summed E-state index contributed by atoms with van der Waals surface area (Å²) in [5, 5.41) is 9.93. The van der Waals surface area contributed by atoms with Crippen LogP contribution in [0.25, 0.3) is 0 Å². The van der Waals surface area contributed by atoms with Gasteiger partial charge in [0, 0.05) is 5.33 Å². The molecule has 0 amide bonds. The van der Waals surface area contributed by atoms with Crippen LogP contribution in [0.2, 0.25) is 0 Å². The quantitative estimate of drug-likeness (QED) is 0.352. The summed E-state index contributed by atoms with van der Waals surface area (Å²) in [5.41, 5.74) is 0. The minimum absolute atomic E-state index is 0.0342. The van der Waals surface area contributed by atoms with Crippen LogP contribution in [0, 0.1) is 12.3 Å². The second kappa shape index (κ2) is 5.87. The van der Waals surface area contributed by atoms with E-state index in [2.05, 4.69) is 53.7 Å². The fourth-order valence-electron chi connectivity index (χ4n) is 0.338. The fourth-order valence-corrected chi connectivity index (χ4v) is 1.94. The Labute approximate surface area is 90.9 Å². The number of aliphatic hydroxyl groups excluding tert-OH is 1. The highest BCUT2D eigenvalue weighted by Gasteiger charge is 2.02. The molecule has 60 valence electrons. The third-order valence-corrected chi connectivity index (χ3v) is 2.44. The van der Waals surface area contributed by atoms with Crippen molar-refractivity contribution >= 4 is 47.8 Å². The Balaban J connectivity index is 4.63. The van der Waals surface area contributed by atoms with Crippen LogP contribution in [0.4, 0.5) is 0 Å². The van der Waals surface area contributed by atoms with E-state index in [-0.39, 0.29) is 5.76 Å². The molecule has 0 bridgehead atoms. The van der Waals surface area contributed by atoms with E-state index >= 15 is 0 Å². The molecule has 0 atom stereocenters. The summed E-state index contributed by atoms with van der Waals surface area (Å²) in [4.78, 5) is 0. The van der Waals surface area contributed by atoms with Gasteiger partial charge in [0.1, 0.15) is 4.48 Å². The second-order valence-corrected chi connectivity index (χ2v) is 3.81. The standard InChI is InChI=1S/C7H5Br3O/c1-2-5(9)7(11)6(10)3-4-8/h1,3,11H,4H2/b6-3+,7-5-. The van der Waals surface area contributed by atoms with E-state index in [0.717, 1.165) is 0 Å². The predicted molar refractivity (Wildman–Crippen MR) is 58.2 cm³/mol. The SMILES string of the molecule is C#C/C(Br)=C(O)\C(Br)=C/CBr.